The van der Waals surface area contributed by atoms with E-state index in [4.69, 9.17) is 0 Å². The first-order valence-corrected chi connectivity index (χ1v) is 7.67. The molecular formula is C13H18N2O3S. The third-order valence-electron chi connectivity index (χ3n) is 3.34. The average molecular weight is 282 g/mol. The molecule has 1 aromatic rings. The van der Waals surface area contributed by atoms with Gasteiger partial charge in [0.05, 0.1) is 4.90 Å². The largest absolute Gasteiger partial charge is 0.340 e. The van der Waals surface area contributed by atoms with Gasteiger partial charge in [-0.15, -0.1) is 0 Å². The van der Waals surface area contributed by atoms with Gasteiger partial charge in [0, 0.05) is 33.1 Å². The molecular weight excluding hydrogens is 264 g/mol. The summed E-state index contributed by atoms with van der Waals surface area (Å²) in [5, 5.41) is 0. The molecule has 0 aromatic heterocycles. The lowest BCUT2D eigenvalue weighted by atomic mass is 10.2. The first-order chi connectivity index (χ1) is 8.91. The molecule has 1 heterocycles. The number of hydrogen-bond donors (Lipinski definition) is 0. The molecule has 5 nitrogen and oxygen atoms in total. The summed E-state index contributed by atoms with van der Waals surface area (Å²) in [7, 11) is -3.43. The van der Waals surface area contributed by atoms with Gasteiger partial charge in [-0.3, -0.25) is 4.79 Å². The number of benzene rings is 1. The first-order valence-electron chi connectivity index (χ1n) is 6.23. The van der Waals surface area contributed by atoms with Crippen LogP contribution < -0.4 is 0 Å². The van der Waals surface area contributed by atoms with E-state index in [1.165, 1.54) is 11.2 Å². The molecule has 104 valence electrons. The van der Waals surface area contributed by atoms with Gasteiger partial charge < -0.3 is 4.90 Å². The Morgan fingerprint density at radius 3 is 2.05 bits per heavy atom. The molecule has 0 saturated carbocycles. The molecule has 2 rings (SSSR count). The fraction of sp³-hybridized carbons (Fsp3) is 0.462. The standard InChI is InChI=1S/C13H18N2O3S/c1-11-3-5-13(6-4-11)19(17,18)15-9-7-14(8-10-15)12(2)16/h3-6H,7-10H2,1-2H3. The van der Waals surface area contributed by atoms with E-state index in [1.807, 2.05) is 6.92 Å². The van der Waals surface area contributed by atoms with Gasteiger partial charge in [0.25, 0.3) is 0 Å². The van der Waals surface area contributed by atoms with Gasteiger partial charge >= 0.3 is 0 Å². The SMILES string of the molecule is CC(=O)N1CCN(S(=O)(=O)c2ccc(C)cc2)CC1. The Balaban J connectivity index is 2.14. The van der Waals surface area contributed by atoms with Crippen LogP contribution in [0.4, 0.5) is 0 Å². The van der Waals surface area contributed by atoms with Crippen molar-refractivity contribution in [2.24, 2.45) is 0 Å². The second kappa shape index (κ2) is 5.30. The second-order valence-corrected chi connectivity index (χ2v) is 6.66. The highest BCUT2D eigenvalue weighted by Crippen LogP contribution is 2.18. The predicted molar refractivity (Wildman–Crippen MR) is 72.2 cm³/mol. The Morgan fingerprint density at radius 1 is 1.05 bits per heavy atom. The van der Waals surface area contributed by atoms with Crippen molar-refractivity contribution in [3.8, 4) is 0 Å². The summed E-state index contributed by atoms with van der Waals surface area (Å²) in [5.74, 6) is -0.00705. The van der Waals surface area contributed by atoms with Gasteiger partial charge in [-0.2, -0.15) is 4.31 Å². The summed E-state index contributed by atoms with van der Waals surface area (Å²) in [4.78, 5) is 13.2. The molecule has 0 atom stereocenters. The normalized spacial score (nSPS) is 17.5. The van der Waals surface area contributed by atoms with Crippen molar-refractivity contribution in [1.29, 1.82) is 0 Å². The van der Waals surface area contributed by atoms with E-state index in [-0.39, 0.29) is 5.91 Å². The van der Waals surface area contributed by atoms with Gasteiger partial charge in [0.15, 0.2) is 0 Å². The Labute approximate surface area is 113 Å². The summed E-state index contributed by atoms with van der Waals surface area (Å²) < 4.78 is 26.2. The minimum atomic E-state index is -3.43. The molecule has 1 aliphatic heterocycles. The Kier molecular flexibility index (Phi) is 3.91. The van der Waals surface area contributed by atoms with E-state index in [0.717, 1.165) is 5.56 Å². The Hall–Kier alpha value is -1.40. The number of amides is 1. The van der Waals surface area contributed by atoms with E-state index >= 15 is 0 Å². The van der Waals surface area contributed by atoms with E-state index in [9.17, 15) is 13.2 Å². The second-order valence-electron chi connectivity index (χ2n) is 4.72. The number of sulfonamides is 1. The van der Waals surface area contributed by atoms with Crippen molar-refractivity contribution >= 4 is 15.9 Å². The van der Waals surface area contributed by atoms with Gasteiger partial charge in [-0.05, 0) is 19.1 Å². The lowest BCUT2D eigenvalue weighted by Gasteiger charge is -2.33. The number of piperazine rings is 1. The molecule has 19 heavy (non-hydrogen) atoms. The zero-order chi connectivity index (χ0) is 14.0. The maximum Gasteiger partial charge on any atom is 0.243 e. The van der Waals surface area contributed by atoms with Gasteiger partial charge in [0.2, 0.25) is 15.9 Å². The highest BCUT2D eigenvalue weighted by Gasteiger charge is 2.28. The number of nitrogens with zero attached hydrogens (tertiary/aromatic N) is 2. The van der Waals surface area contributed by atoms with Crippen LogP contribution in [-0.4, -0.2) is 49.7 Å². The number of carbonyl (C=O) groups excluding carboxylic acids is 1. The zero-order valence-corrected chi connectivity index (χ0v) is 12.0. The van der Waals surface area contributed by atoms with Crippen LogP contribution in [0.15, 0.2) is 29.2 Å². The summed E-state index contributed by atoms with van der Waals surface area (Å²) in [6.45, 7) is 5.05. The van der Waals surface area contributed by atoms with Gasteiger partial charge in [0.1, 0.15) is 0 Å². The third-order valence-corrected chi connectivity index (χ3v) is 5.26. The maximum absolute atomic E-state index is 12.4. The fourth-order valence-electron chi connectivity index (χ4n) is 2.10. The zero-order valence-electron chi connectivity index (χ0n) is 11.2. The third kappa shape index (κ3) is 2.96. The fourth-order valence-corrected chi connectivity index (χ4v) is 3.52. The summed E-state index contributed by atoms with van der Waals surface area (Å²) in [6.07, 6.45) is 0. The molecule has 1 amide bonds. The van der Waals surface area contributed by atoms with Crippen LogP contribution in [0.25, 0.3) is 0 Å². The van der Waals surface area contributed by atoms with E-state index in [0.29, 0.717) is 31.1 Å². The highest BCUT2D eigenvalue weighted by molar-refractivity contribution is 7.89. The molecule has 0 bridgehead atoms. The first kappa shape index (κ1) is 14.0. The number of rotatable bonds is 2. The molecule has 0 aliphatic carbocycles. The lowest BCUT2D eigenvalue weighted by Crippen LogP contribution is -2.49. The number of hydrogen-bond acceptors (Lipinski definition) is 3. The average Bonchev–Trinajstić information content (AvgIpc) is 2.39. The van der Waals surface area contributed by atoms with Crippen LogP contribution in [0, 0.1) is 6.92 Å². The molecule has 1 aliphatic rings. The highest BCUT2D eigenvalue weighted by atomic mass is 32.2. The van der Waals surface area contributed by atoms with Crippen LogP contribution in [-0.2, 0) is 14.8 Å². The van der Waals surface area contributed by atoms with E-state index < -0.39 is 10.0 Å². The molecule has 0 spiro atoms. The van der Waals surface area contributed by atoms with Gasteiger partial charge in [-0.1, -0.05) is 17.7 Å². The summed E-state index contributed by atoms with van der Waals surface area (Å²) in [6, 6.07) is 6.83. The monoisotopic (exact) mass is 282 g/mol. The number of carbonyl (C=O) groups is 1. The summed E-state index contributed by atoms with van der Waals surface area (Å²) >= 11 is 0. The Bertz CT molecular complexity index is 558. The van der Waals surface area contributed by atoms with Crippen molar-refractivity contribution in [2.75, 3.05) is 26.2 Å². The minimum Gasteiger partial charge on any atom is -0.340 e. The van der Waals surface area contributed by atoms with Crippen molar-refractivity contribution < 1.29 is 13.2 Å². The molecule has 1 saturated heterocycles. The molecule has 6 heteroatoms. The van der Waals surface area contributed by atoms with Crippen LogP contribution in [0.1, 0.15) is 12.5 Å². The minimum absolute atomic E-state index is 0.00705. The lowest BCUT2D eigenvalue weighted by molar-refractivity contribution is -0.129. The van der Waals surface area contributed by atoms with Crippen molar-refractivity contribution in [3.05, 3.63) is 29.8 Å². The Morgan fingerprint density at radius 2 is 1.58 bits per heavy atom. The van der Waals surface area contributed by atoms with Crippen LogP contribution in [0.3, 0.4) is 0 Å². The van der Waals surface area contributed by atoms with Gasteiger partial charge in [-0.25, -0.2) is 8.42 Å². The number of aryl methyl sites for hydroxylation is 1. The maximum atomic E-state index is 12.4. The molecule has 0 N–H and O–H groups in total. The molecule has 0 unspecified atom stereocenters. The van der Waals surface area contributed by atoms with Crippen molar-refractivity contribution in [3.63, 3.8) is 0 Å². The topological polar surface area (TPSA) is 57.7 Å². The van der Waals surface area contributed by atoms with Crippen molar-refractivity contribution in [2.45, 2.75) is 18.7 Å². The molecule has 1 fully saturated rings. The quantitative estimate of drug-likeness (QED) is 0.808. The van der Waals surface area contributed by atoms with E-state index in [2.05, 4.69) is 0 Å². The molecule has 1 aromatic carbocycles. The van der Waals surface area contributed by atoms with Crippen LogP contribution in [0.2, 0.25) is 0 Å². The smallest absolute Gasteiger partial charge is 0.243 e. The van der Waals surface area contributed by atoms with Crippen LogP contribution >= 0.6 is 0 Å². The van der Waals surface area contributed by atoms with Crippen molar-refractivity contribution in [1.82, 2.24) is 9.21 Å². The molecule has 0 radical (unpaired) electrons. The summed E-state index contributed by atoms with van der Waals surface area (Å²) in [5.41, 5.74) is 1.03. The predicted octanol–water partition coefficient (Wildman–Crippen LogP) is 0.848. The van der Waals surface area contributed by atoms with E-state index in [1.54, 1.807) is 29.2 Å². The van der Waals surface area contributed by atoms with Crippen LogP contribution in [0.5, 0.6) is 0 Å².